The first-order chi connectivity index (χ1) is 5.56. The van der Waals surface area contributed by atoms with Gasteiger partial charge in [0.2, 0.25) is 0 Å². The lowest BCUT2D eigenvalue weighted by atomic mass is 9.99. The predicted octanol–water partition coefficient (Wildman–Crippen LogP) is 3.06. The third-order valence-electron chi connectivity index (χ3n) is 1.77. The Morgan fingerprint density at radius 3 is 2.17 bits per heavy atom. The Morgan fingerprint density at radius 1 is 1.25 bits per heavy atom. The molecule has 0 saturated heterocycles. The van der Waals surface area contributed by atoms with Gasteiger partial charge in [-0.2, -0.15) is 0 Å². The van der Waals surface area contributed by atoms with E-state index >= 15 is 0 Å². The summed E-state index contributed by atoms with van der Waals surface area (Å²) in [6.07, 6.45) is 0. The van der Waals surface area contributed by atoms with E-state index in [2.05, 4.69) is 4.89 Å². The SMILES string of the molecule is CC(C)(OO)c1ccc(Cl)cc1. The first kappa shape index (κ1) is 9.52. The first-order valence-electron chi connectivity index (χ1n) is 3.65. The first-order valence-corrected chi connectivity index (χ1v) is 4.03. The summed E-state index contributed by atoms with van der Waals surface area (Å²) in [5, 5.41) is 9.26. The van der Waals surface area contributed by atoms with Crippen LogP contribution in [0.1, 0.15) is 19.4 Å². The summed E-state index contributed by atoms with van der Waals surface area (Å²) in [5.41, 5.74) is 0.208. The van der Waals surface area contributed by atoms with Gasteiger partial charge in [-0.3, -0.25) is 5.26 Å². The molecule has 0 heterocycles. The molecule has 1 N–H and O–H groups in total. The van der Waals surface area contributed by atoms with Crippen molar-refractivity contribution in [2.75, 3.05) is 0 Å². The van der Waals surface area contributed by atoms with Crippen LogP contribution >= 0.6 is 11.6 Å². The lowest BCUT2D eigenvalue weighted by molar-refractivity contribution is -0.318. The summed E-state index contributed by atoms with van der Waals surface area (Å²) >= 11 is 5.70. The Labute approximate surface area is 76.7 Å². The molecule has 0 saturated carbocycles. The van der Waals surface area contributed by atoms with Crippen molar-refractivity contribution in [2.24, 2.45) is 0 Å². The van der Waals surface area contributed by atoms with E-state index in [4.69, 9.17) is 16.9 Å². The Morgan fingerprint density at radius 2 is 1.75 bits per heavy atom. The van der Waals surface area contributed by atoms with E-state index in [0.717, 1.165) is 5.56 Å². The van der Waals surface area contributed by atoms with Crippen LogP contribution in [-0.2, 0) is 10.5 Å². The summed E-state index contributed by atoms with van der Waals surface area (Å²) in [7, 11) is 0. The molecule has 0 aliphatic carbocycles. The number of rotatable bonds is 2. The summed E-state index contributed by atoms with van der Waals surface area (Å²) in [4.78, 5) is 4.32. The molecule has 0 atom stereocenters. The molecule has 0 spiro atoms. The smallest absolute Gasteiger partial charge is 0.123 e. The highest BCUT2D eigenvalue weighted by Gasteiger charge is 2.20. The van der Waals surface area contributed by atoms with Crippen LogP contribution in [-0.4, -0.2) is 5.26 Å². The van der Waals surface area contributed by atoms with E-state index in [-0.39, 0.29) is 0 Å². The highest BCUT2D eigenvalue weighted by atomic mass is 35.5. The van der Waals surface area contributed by atoms with Gasteiger partial charge in [-0.05, 0) is 31.5 Å². The minimum Gasteiger partial charge on any atom is -0.251 e. The van der Waals surface area contributed by atoms with Crippen molar-refractivity contribution in [3.63, 3.8) is 0 Å². The lowest BCUT2D eigenvalue weighted by Crippen LogP contribution is -2.19. The van der Waals surface area contributed by atoms with E-state index in [1.165, 1.54) is 0 Å². The van der Waals surface area contributed by atoms with E-state index in [1.54, 1.807) is 26.0 Å². The van der Waals surface area contributed by atoms with Crippen molar-refractivity contribution in [2.45, 2.75) is 19.4 Å². The second-order valence-electron chi connectivity index (χ2n) is 3.11. The van der Waals surface area contributed by atoms with Crippen molar-refractivity contribution in [3.05, 3.63) is 34.9 Å². The van der Waals surface area contributed by atoms with Crippen LogP contribution < -0.4 is 0 Å². The van der Waals surface area contributed by atoms with Gasteiger partial charge in [0, 0.05) is 5.02 Å². The fourth-order valence-corrected chi connectivity index (χ4v) is 1.03. The van der Waals surface area contributed by atoms with E-state index < -0.39 is 5.60 Å². The van der Waals surface area contributed by atoms with E-state index in [0.29, 0.717) is 5.02 Å². The molecule has 0 aliphatic heterocycles. The molecule has 2 nitrogen and oxygen atoms in total. The zero-order valence-corrected chi connectivity index (χ0v) is 7.80. The molecule has 0 fully saturated rings. The third-order valence-corrected chi connectivity index (χ3v) is 2.02. The molecule has 66 valence electrons. The van der Waals surface area contributed by atoms with Crippen LogP contribution in [0.5, 0.6) is 0 Å². The summed E-state index contributed by atoms with van der Waals surface area (Å²) < 4.78 is 0. The van der Waals surface area contributed by atoms with Crippen LogP contribution in [0, 0.1) is 0 Å². The molecule has 0 aliphatic rings. The van der Waals surface area contributed by atoms with Crippen LogP contribution in [0.25, 0.3) is 0 Å². The molecule has 1 aromatic rings. The zero-order valence-electron chi connectivity index (χ0n) is 7.04. The normalized spacial score (nSPS) is 11.7. The molecule has 0 bridgehead atoms. The molecule has 1 aromatic carbocycles. The van der Waals surface area contributed by atoms with Gasteiger partial charge in [-0.15, -0.1) is 0 Å². The largest absolute Gasteiger partial charge is 0.251 e. The van der Waals surface area contributed by atoms with Crippen LogP contribution in [0.2, 0.25) is 5.02 Å². The molecule has 0 amide bonds. The summed E-state index contributed by atoms with van der Waals surface area (Å²) in [6.45, 7) is 3.55. The van der Waals surface area contributed by atoms with Gasteiger partial charge in [0.25, 0.3) is 0 Å². The number of hydrogen-bond donors (Lipinski definition) is 1. The number of benzene rings is 1. The minimum atomic E-state index is -0.676. The monoisotopic (exact) mass is 186 g/mol. The van der Waals surface area contributed by atoms with Gasteiger partial charge in [-0.25, -0.2) is 4.89 Å². The molecule has 12 heavy (non-hydrogen) atoms. The van der Waals surface area contributed by atoms with Crippen molar-refractivity contribution >= 4 is 11.6 Å². The predicted molar refractivity (Wildman–Crippen MR) is 48.2 cm³/mol. The Balaban J connectivity index is 2.96. The summed E-state index contributed by atoms with van der Waals surface area (Å²) in [5.74, 6) is 0. The van der Waals surface area contributed by atoms with Gasteiger partial charge in [0.1, 0.15) is 5.60 Å². The second kappa shape index (κ2) is 3.44. The standard InChI is InChI=1S/C9H11ClO2/c1-9(2,12-11)7-3-5-8(10)6-4-7/h3-6,11H,1-2H3. The molecular formula is C9H11ClO2. The van der Waals surface area contributed by atoms with Crippen LogP contribution in [0.4, 0.5) is 0 Å². The van der Waals surface area contributed by atoms with Gasteiger partial charge >= 0.3 is 0 Å². The molecule has 0 aromatic heterocycles. The topological polar surface area (TPSA) is 29.5 Å². The van der Waals surface area contributed by atoms with Crippen molar-refractivity contribution in [3.8, 4) is 0 Å². The maximum absolute atomic E-state index is 8.58. The molecule has 1 rings (SSSR count). The Hall–Kier alpha value is -0.570. The average Bonchev–Trinajstić information content (AvgIpc) is 2.05. The molecule has 0 radical (unpaired) electrons. The number of halogens is 1. The third kappa shape index (κ3) is 1.97. The minimum absolute atomic E-state index is 0.674. The fraction of sp³-hybridized carbons (Fsp3) is 0.333. The second-order valence-corrected chi connectivity index (χ2v) is 3.54. The summed E-state index contributed by atoms with van der Waals surface area (Å²) in [6, 6.07) is 7.16. The molecule has 3 heteroatoms. The highest BCUT2D eigenvalue weighted by Crippen LogP contribution is 2.24. The van der Waals surface area contributed by atoms with Gasteiger partial charge in [0.05, 0.1) is 0 Å². The maximum Gasteiger partial charge on any atom is 0.123 e. The van der Waals surface area contributed by atoms with Crippen LogP contribution in [0.3, 0.4) is 0 Å². The van der Waals surface area contributed by atoms with Crippen molar-refractivity contribution in [1.82, 2.24) is 0 Å². The van der Waals surface area contributed by atoms with E-state index in [1.807, 2.05) is 12.1 Å². The van der Waals surface area contributed by atoms with Gasteiger partial charge in [-0.1, -0.05) is 23.7 Å². The Bertz CT molecular complexity index is 254. The van der Waals surface area contributed by atoms with Crippen molar-refractivity contribution < 1.29 is 10.1 Å². The van der Waals surface area contributed by atoms with Gasteiger partial charge in [0.15, 0.2) is 0 Å². The van der Waals surface area contributed by atoms with E-state index in [9.17, 15) is 0 Å². The van der Waals surface area contributed by atoms with Crippen molar-refractivity contribution in [1.29, 1.82) is 0 Å². The zero-order chi connectivity index (χ0) is 9.19. The molecular weight excluding hydrogens is 176 g/mol. The number of hydrogen-bond acceptors (Lipinski definition) is 2. The van der Waals surface area contributed by atoms with Crippen LogP contribution in [0.15, 0.2) is 24.3 Å². The quantitative estimate of drug-likeness (QED) is 0.568. The maximum atomic E-state index is 8.58. The molecule has 0 unspecified atom stereocenters. The highest BCUT2D eigenvalue weighted by molar-refractivity contribution is 6.30. The Kier molecular flexibility index (Phi) is 2.73. The lowest BCUT2D eigenvalue weighted by Gasteiger charge is -2.20. The van der Waals surface area contributed by atoms with Gasteiger partial charge < -0.3 is 0 Å². The average molecular weight is 187 g/mol. The fourth-order valence-electron chi connectivity index (χ4n) is 0.904.